The molecule has 0 saturated heterocycles. The van der Waals surface area contributed by atoms with Crippen molar-refractivity contribution >= 4 is 23.2 Å². The molecule has 1 N–H and O–H groups in total. The number of hydrogen-bond acceptors (Lipinski definition) is 4. The first-order valence-corrected chi connectivity index (χ1v) is 12.9. The van der Waals surface area contributed by atoms with Crippen LogP contribution in [-0.4, -0.2) is 37.7 Å². The molecule has 0 aliphatic heterocycles. The molecule has 1 atom stereocenters. The number of nitrogens with zero attached hydrogens (tertiary/aromatic N) is 2. The Morgan fingerprint density at radius 2 is 1.66 bits per heavy atom. The van der Waals surface area contributed by atoms with Crippen LogP contribution in [0, 0.1) is 6.92 Å². The Kier molecular flexibility index (Phi) is 20.4. The van der Waals surface area contributed by atoms with Crippen LogP contribution in [0.1, 0.15) is 99.1 Å². The Hall–Kier alpha value is -2.69. The second-order valence-corrected chi connectivity index (χ2v) is 8.67. The third kappa shape index (κ3) is 15.0. The standard InChI is InChI=1S/C23H33N3O2.C4H10.C3H8/c1-9-20(24-7)14-17(5)22(27)25-18(6)23(28-8)26-21(15(2)3)19-12-10-11-16(4)13-19;1-3-4-2;1-3-2/h10-14,18H,9H2,1-8H3,(H,25,27);3-4H2,1-2H3;3H2,1-2H3/b17-14+,24-20?,26-23?;;. The first-order chi connectivity index (χ1) is 16.6. The number of methoxy groups -OCH3 is 1. The predicted octanol–water partition coefficient (Wildman–Crippen LogP) is 7.95. The lowest BCUT2D eigenvalue weighted by Gasteiger charge is -2.17. The molecule has 0 bridgehead atoms. The zero-order valence-corrected chi connectivity index (χ0v) is 24.5. The molecule has 5 heteroatoms. The molecule has 0 aliphatic carbocycles. The summed E-state index contributed by atoms with van der Waals surface area (Å²) in [4.78, 5) is 21.4. The minimum Gasteiger partial charge on any atom is -0.483 e. The summed E-state index contributed by atoms with van der Waals surface area (Å²) < 4.78 is 5.51. The summed E-state index contributed by atoms with van der Waals surface area (Å²) in [5, 5.41) is 2.95. The van der Waals surface area contributed by atoms with E-state index in [4.69, 9.17) is 9.73 Å². The van der Waals surface area contributed by atoms with E-state index in [9.17, 15) is 4.79 Å². The van der Waals surface area contributed by atoms with Crippen LogP contribution in [0.3, 0.4) is 0 Å². The Bertz CT molecular complexity index is 858. The monoisotopic (exact) mass is 485 g/mol. The van der Waals surface area contributed by atoms with E-state index in [1.54, 1.807) is 27.2 Å². The molecule has 1 rings (SSSR count). The van der Waals surface area contributed by atoms with Crippen molar-refractivity contribution < 1.29 is 9.53 Å². The summed E-state index contributed by atoms with van der Waals surface area (Å²) in [5.74, 6) is 0.292. The third-order valence-corrected chi connectivity index (χ3v) is 4.81. The minimum absolute atomic E-state index is 0.166. The van der Waals surface area contributed by atoms with Gasteiger partial charge in [-0.3, -0.25) is 9.79 Å². The average molecular weight is 486 g/mol. The first-order valence-electron chi connectivity index (χ1n) is 12.9. The number of nitrogens with one attached hydrogen (secondary N) is 1. The molecule has 5 nitrogen and oxygen atoms in total. The molecule has 0 aliphatic rings. The smallest absolute Gasteiger partial charge is 0.247 e. The molecule has 0 aromatic heterocycles. The van der Waals surface area contributed by atoms with Gasteiger partial charge in [-0.2, -0.15) is 0 Å². The number of carbonyl (C=O) groups is 1. The van der Waals surface area contributed by atoms with Crippen molar-refractivity contribution in [3.8, 4) is 0 Å². The van der Waals surface area contributed by atoms with Crippen LogP contribution in [0.2, 0.25) is 0 Å². The molecule has 35 heavy (non-hydrogen) atoms. The maximum atomic E-state index is 12.5. The highest BCUT2D eigenvalue weighted by molar-refractivity contribution is 6.04. The minimum atomic E-state index is -0.372. The Balaban J connectivity index is 0. The fraction of sp³-hybridized carbons (Fsp3) is 0.567. The van der Waals surface area contributed by atoms with Crippen molar-refractivity contribution in [1.29, 1.82) is 0 Å². The molecule has 0 radical (unpaired) electrons. The molecule has 0 spiro atoms. The van der Waals surface area contributed by atoms with Crippen LogP contribution in [0.15, 0.2) is 51.5 Å². The number of rotatable bonds is 8. The van der Waals surface area contributed by atoms with Gasteiger partial charge in [-0.25, -0.2) is 4.99 Å². The number of hydrogen-bond donors (Lipinski definition) is 1. The third-order valence-electron chi connectivity index (χ3n) is 4.81. The number of amides is 1. The molecule has 0 fully saturated rings. The zero-order chi connectivity index (χ0) is 27.4. The summed E-state index contributed by atoms with van der Waals surface area (Å²) in [6.45, 7) is 20.3. The molecule has 1 unspecified atom stereocenters. The second-order valence-electron chi connectivity index (χ2n) is 8.67. The van der Waals surface area contributed by atoms with Crippen molar-refractivity contribution in [2.24, 2.45) is 9.98 Å². The van der Waals surface area contributed by atoms with Crippen LogP contribution < -0.4 is 5.32 Å². The van der Waals surface area contributed by atoms with Gasteiger partial charge in [-0.15, -0.1) is 0 Å². The van der Waals surface area contributed by atoms with Gasteiger partial charge in [0.2, 0.25) is 11.8 Å². The second kappa shape index (κ2) is 20.7. The van der Waals surface area contributed by atoms with Gasteiger partial charge in [-0.1, -0.05) is 77.6 Å². The normalized spacial score (nSPS) is 12.4. The van der Waals surface area contributed by atoms with Gasteiger partial charge in [0.15, 0.2) is 0 Å². The molecule has 198 valence electrons. The van der Waals surface area contributed by atoms with E-state index in [0.29, 0.717) is 11.5 Å². The molecular formula is C30H51N3O2. The zero-order valence-electron chi connectivity index (χ0n) is 24.5. The number of unbranched alkanes of at least 4 members (excludes halogenated alkanes) is 1. The van der Waals surface area contributed by atoms with Crippen molar-refractivity contribution in [2.45, 2.75) is 101 Å². The fourth-order valence-electron chi connectivity index (χ4n) is 2.70. The topological polar surface area (TPSA) is 63.0 Å². The maximum Gasteiger partial charge on any atom is 0.247 e. The number of aryl methyl sites for hydroxylation is 1. The lowest BCUT2D eigenvalue weighted by Crippen LogP contribution is -2.39. The summed E-state index contributed by atoms with van der Waals surface area (Å²) in [6.07, 6.45) is 6.47. The van der Waals surface area contributed by atoms with Crippen molar-refractivity contribution in [3.63, 3.8) is 0 Å². The van der Waals surface area contributed by atoms with Gasteiger partial charge in [0, 0.05) is 23.9 Å². The van der Waals surface area contributed by atoms with Crippen LogP contribution in [0.4, 0.5) is 0 Å². The van der Waals surface area contributed by atoms with E-state index in [1.807, 2.05) is 39.8 Å². The summed E-state index contributed by atoms with van der Waals surface area (Å²) in [6, 6.07) is 7.80. The van der Waals surface area contributed by atoms with Gasteiger partial charge >= 0.3 is 0 Å². The summed E-state index contributed by atoms with van der Waals surface area (Å²) >= 11 is 0. The van der Waals surface area contributed by atoms with Crippen LogP contribution in [0.25, 0.3) is 5.70 Å². The molecule has 1 aromatic rings. The van der Waals surface area contributed by atoms with Crippen LogP contribution in [-0.2, 0) is 9.53 Å². The average Bonchev–Trinajstić information content (AvgIpc) is 2.83. The molecular weight excluding hydrogens is 434 g/mol. The van der Waals surface area contributed by atoms with Crippen molar-refractivity contribution in [1.82, 2.24) is 5.32 Å². The predicted molar refractivity (Wildman–Crippen MR) is 155 cm³/mol. The molecule has 1 aromatic carbocycles. The Labute approximate surface area is 215 Å². The summed E-state index contributed by atoms with van der Waals surface area (Å²) in [5.41, 5.74) is 5.59. The maximum absolute atomic E-state index is 12.5. The van der Waals surface area contributed by atoms with Gasteiger partial charge in [0.1, 0.15) is 6.04 Å². The van der Waals surface area contributed by atoms with Crippen LogP contribution in [0.5, 0.6) is 0 Å². The largest absolute Gasteiger partial charge is 0.483 e. The van der Waals surface area contributed by atoms with Gasteiger partial charge in [0.25, 0.3) is 0 Å². The van der Waals surface area contributed by atoms with Gasteiger partial charge in [-0.05, 0) is 58.8 Å². The fourth-order valence-corrected chi connectivity index (χ4v) is 2.70. The van der Waals surface area contributed by atoms with E-state index >= 15 is 0 Å². The molecule has 0 heterocycles. The van der Waals surface area contributed by atoms with E-state index in [1.165, 1.54) is 19.3 Å². The van der Waals surface area contributed by atoms with E-state index in [0.717, 1.165) is 34.5 Å². The van der Waals surface area contributed by atoms with E-state index in [2.05, 4.69) is 57.1 Å². The lowest BCUT2D eigenvalue weighted by molar-refractivity contribution is -0.117. The lowest BCUT2D eigenvalue weighted by atomic mass is 10.1. The number of allylic oxidation sites excluding steroid dienone is 2. The summed E-state index contributed by atoms with van der Waals surface area (Å²) in [7, 11) is 3.30. The quantitative estimate of drug-likeness (QED) is 0.231. The Morgan fingerprint density at radius 1 is 1.09 bits per heavy atom. The highest BCUT2D eigenvalue weighted by atomic mass is 16.5. The molecule has 1 amide bonds. The van der Waals surface area contributed by atoms with Crippen molar-refractivity contribution in [3.05, 3.63) is 52.6 Å². The number of aliphatic imine (C=N–C) groups is 2. The van der Waals surface area contributed by atoms with E-state index < -0.39 is 0 Å². The van der Waals surface area contributed by atoms with Gasteiger partial charge in [0.05, 0.1) is 12.8 Å². The number of benzene rings is 1. The SMILES string of the molecule is CCC.CCC(/C=C(\C)C(=O)NC(C)C(=NC(=C(C)C)c1cccc(C)c1)OC)=NC.CCCC. The number of ether oxygens (including phenoxy) is 1. The van der Waals surface area contributed by atoms with Gasteiger partial charge < -0.3 is 10.1 Å². The Morgan fingerprint density at radius 3 is 2.06 bits per heavy atom. The molecule has 0 saturated carbocycles. The first kappa shape index (κ1) is 34.5. The highest BCUT2D eigenvalue weighted by Gasteiger charge is 2.17. The van der Waals surface area contributed by atoms with Crippen LogP contribution >= 0.6 is 0 Å². The highest BCUT2D eigenvalue weighted by Crippen LogP contribution is 2.22. The van der Waals surface area contributed by atoms with Crippen molar-refractivity contribution in [2.75, 3.05) is 14.2 Å². The number of carbonyl (C=O) groups excluding carboxylic acids is 1. The van der Waals surface area contributed by atoms with E-state index in [-0.39, 0.29) is 11.9 Å².